The molecule has 0 aliphatic heterocycles. The number of hydrogen-bond acceptors (Lipinski definition) is 2. The van der Waals surface area contributed by atoms with Crippen molar-refractivity contribution in [2.45, 2.75) is 73.1 Å². The van der Waals surface area contributed by atoms with Crippen molar-refractivity contribution < 1.29 is 9.53 Å². The highest BCUT2D eigenvalue weighted by Crippen LogP contribution is 2.20. The molecule has 0 atom stereocenters. The lowest BCUT2D eigenvalue weighted by molar-refractivity contribution is 0.0547. The molecular formula is C25H36O2. The van der Waals surface area contributed by atoms with Crippen LogP contribution in [-0.4, -0.2) is 12.6 Å². The predicted octanol–water partition coefficient (Wildman–Crippen LogP) is 7.39. The third kappa shape index (κ3) is 9.42. The molecule has 1 aromatic rings. The summed E-state index contributed by atoms with van der Waals surface area (Å²) in [6, 6.07) is 7.69. The molecule has 2 nitrogen and oxygen atoms in total. The average Bonchev–Trinajstić information content (AvgIpc) is 2.61. The Morgan fingerprint density at radius 3 is 2.15 bits per heavy atom. The van der Waals surface area contributed by atoms with Crippen LogP contribution in [0.1, 0.15) is 89.1 Å². The monoisotopic (exact) mass is 368 g/mol. The van der Waals surface area contributed by atoms with E-state index in [-0.39, 0.29) is 5.97 Å². The van der Waals surface area contributed by atoms with E-state index in [9.17, 15) is 4.79 Å². The molecule has 27 heavy (non-hydrogen) atoms. The van der Waals surface area contributed by atoms with E-state index in [0.717, 1.165) is 31.2 Å². The summed E-state index contributed by atoms with van der Waals surface area (Å²) >= 11 is 0. The third-order valence-corrected chi connectivity index (χ3v) is 4.57. The summed E-state index contributed by atoms with van der Waals surface area (Å²) in [4.78, 5) is 12.3. The van der Waals surface area contributed by atoms with Crippen molar-refractivity contribution >= 4 is 5.97 Å². The quantitative estimate of drug-likeness (QED) is 0.318. The molecule has 0 fully saturated rings. The number of benzene rings is 1. The summed E-state index contributed by atoms with van der Waals surface area (Å²) < 4.78 is 5.46. The van der Waals surface area contributed by atoms with Crippen LogP contribution >= 0.6 is 0 Å². The maximum Gasteiger partial charge on any atom is 0.338 e. The number of allylic oxidation sites excluding steroid dienone is 5. The Morgan fingerprint density at radius 2 is 1.52 bits per heavy atom. The average molecular weight is 369 g/mol. The van der Waals surface area contributed by atoms with E-state index in [0.29, 0.717) is 18.1 Å². The summed E-state index contributed by atoms with van der Waals surface area (Å²) in [7, 11) is 0. The Labute approximate surface area is 166 Å². The van der Waals surface area contributed by atoms with Gasteiger partial charge in [-0.3, -0.25) is 0 Å². The molecule has 0 aromatic heterocycles. The molecule has 0 radical (unpaired) electrons. The van der Waals surface area contributed by atoms with Gasteiger partial charge in [-0.2, -0.15) is 0 Å². The van der Waals surface area contributed by atoms with Gasteiger partial charge in [0, 0.05) is 0 Å². The summed E-state index contributed by atoms with van der Waals surface area (Å²) in [5, 5.41) is 0. The summed E-state index contributed by atoms with van der Waals surface area (Å²) in [5.41, 5.74) is 5.79. The molecule has 0 aliphatic rings. The first kappa shape index (κ1) is 23.0. The summed E-state index contributed by atoms with van der Waals surface area (Å²) in [5.74, 6) is 0.0659. The van der Waals surface area contributed by atoms with E-state index >= 15 is 0 Å². The lowest BCUT2D eigenvalue weighted by atomic mass is 9.97. The van der Waals surface area contributed by atoms with Gasteiger partial charge in [0.1, 0.15) is 6.61 Å². The van der Waals surface area contributed by atoms with Crippen molar-refractivity contribution in [3.63, 3.8) is 0 Å². The Hall–Kier alpha value is -2.09. The van der Waals surface area contributed by atoms with Crippen molar-refractivity contribution in [2.75, 3.05) is 6.61 Å². The Kier molecular flexibility index (Phi) is 10.5. The summed E-state index contributed by atoms with van der Waals surface area (Å²) in [6.45, 7) is 13.1. The van der Waals surface area contributed by atoms with Gasteiger partial charge < -0.3 is 4.74 Å². The normalized spacial score (nSPS) is 12.3. The second-order valence-corrected chi connectivity index (χ2v) is 7.80. The van der Waals surface area contributed by atoms with Crippen molar-refractivity contribution in [2.24, 2.45) is 0 Å². The number of rotatable bonds is 10. The molecular weight excluding hydrogens is 332 g/mol. The fourth-order valence-corrected chi connectivity index (χ4v) is 2.86. The number of esters is 1. The van der Waals surface area contributed by atoms with E-state index in [2.05, 4.69) is 53.7 Å². The number of hydrogen-bond donors (Lipinski definition) is 0. The lowest BCUT2D eigenvalue weighted by Crippen LogP contribution is -2.09. The van der Waals surface area contributed by atoms with Gasteiger partial charge in [-0.05, 0) is 77.0 Å². The third-order valence-electron chi connectivity index (χ3n) is 4.57. The highest BCUT2D eigenvalue weighted by Gasteiger charge is 2.13. The van der Waals surface area contributed by atoms with Crippen LogP contribution in [-0.2, 0) is 4.74 Å². The first-order valence-electron chi connectivity index (χ1n) is 10.0. The molecule has 0 N–H and O–H groups in total. The zero-order valence-corrected chi connectivity index (χ0v) is 18.0. The van der Waals surface area contributed by atoms with Gasteiger partial charge in [-0.25, -0.2) is 4.79 Å². The van der Waals surface area contributed by atoms with E-state index in [1.807, 2.05) is 30.3 Å². The van der Waals surface area contributed by atoms with Crippen LogP contribution in [0.15, 0.2) is 59.2 Å². The van der Waals surface area contributed by atoms with Crippen molar-refractivity contribution in [1.29, 1.82) is 0 Å². The fourth-order valence-electron chi connectivity index (χ4n) is 2.86. The van der Waals surface area contributed by atoms with Crippen molar-refractivity contribution in [1.82, 2.24) is 0 Å². The van der Waals surface area contributed by atoms with Gasteiger partial charge in [0.25, 0.3) is 0 Å². The second kappa shape index (κ2) is 12.3. The topological polar surface area (TPSA) is 26.3 Å². The minimum Gasteiger partial charge on any atom is -0.458 e. The standard InChI is InChI=1S/C25H36O2/c1-19(2)11-9-12-21(5)13-10-14-22(6)17-18-27-25(26)24-16-8-7-15-23(24)20(3)4/h7-8,11,13,15-17,20H,9-10,12,14,18H2,1-6H3. The highest BCUT2D eigenvalue weighted by atomic mass is 16.5. The first-order chi connectivity index (χ1) is 12.8. The predicted molar refractivity (Wildman–Crippen MR) is 116 cm³/mol. The van der Waals surface area contributed by atoms with Crippen molar-refractivity contribution in [3.8, 4) is 0 Å². The fraction of sp³-hybridized carbons (Fsp3) is 0.480. The van der Waals surface area contributed by atoms with Gasteiger partial charge in [-0.15, -0.1) is 0 Å². The maximum absolute atomic E-state index is 12.3. The lowest BCUT2D eigenvalue weighted by Gasteiger charge is -2.11. The van der Waals surface area contributed by atoms with E-state index in [4.69, 9.17) is 4.74 Å². The molecule has 0 saturated heterocycles. The van der Waals surface area contributed by atoms with Crippen LogP contribution < -0.4 is 0 Å². The van der Waals surface area contributed by atoms with E-state index in [1.165, 1.54) is 16.7 Å². The Bertz CT molecular complexity index is 686. The van der Waals surface area contributed by atoms with Gasteiger partial charge in [0.15, 0.2) is 0 Å². The van der Waals surface area contributed by atoms with E-state index < -0.39 is 0 Å². The zero-order valence-electron chi connectivity index (χ0n) is 18.0. The highest BCUT2D eigenvalue weighted by molar-refractivity contribution is 5.91. The zero-order chi connectivity index (χ0) is 20.2. The molecule has 0 spiro atoms. The van der Waals surface area contributed by atoms with Crippen molar-refractivity contribution in [3.05, 3.63) is 70.3 Å². The van der Waals surface area contributed by atoms with Gasteiger partial charge in [-0.1, -0.05) is 60.9 Å². The number of ether oxygens (including phenoxy) is 1. The summed E-state index contributed by atoms with van der Waals surface area (Å²) in [6.07, 6.45) is 10.9. The first-order valence-corrected chi connectivity index (χ1v) is 10.0. The van der Waals surface area contributed by atoms with Crippen LogP contribution in [0.4, 0.5) is 0 Å². The minimum atomic E-state index is -0.238. The molecule has 1 aromatic carbocycles. The smallest absolute Gasteiger partial charge is 0.338 e. The van der Waals surface area contributed by atoms with Gasteiger partial charge >= 0.3 is 5.97 Å². The maximum atomic E-state index is 12.3. The molecule has 0 aliphatic carbocycles. The molecule has 2 heteroatoms. The van der Waals surface area contributed by atoms with Gasteiger partial charge in [0.05, 0.1) is 5.56 Å². The SMILES string of the molecule is CC(C)=CCCC(C)=CCCC(C)=CCOC(=O)c1ccccc1C(C)C. The molecule has 0 heterocycles. The molecule has 148 valence electrons. The van der Waals surface area contributed by atoms with E-state index in [1.54, 1.807) is 0 Å². The molecule has 0 amide bonds. The van der Waals surface area contributed by atoms with Crippen LogP contribution in [0.3, 0.4) is 0 Å². The van der Waals surface area contributed by atoms with Crippen LogP contribution in [0.2, 0.25) is 0 Å². The van der Waals surface area contributed by atoms with Crippen LogP contribution in [0.25, 0.3) is 0 Å². The molecule has 0 bridgehead atoms. The van der Waals surface area contributed by atoms with Crippen LogP contribution in [0, 0.1) is 0 Å². The van der Waals surface area contributed by atoms with Gasteiger partial charge in [0.2, 0.25) is 0 Å². The molecule has 0 saturated carbocycles. The minimum absolute atomic E-state index is 0.238. The van der Waals surface area contributed by atoms with Crippen LogP contribution in [0.5, 0.6) is 0 Å². The Morgan fingerprint density at radius 1 is 0.926 bits per heavy atom. The molecule has 0 unspecified atom stereocenters. The number of carbonyl (C=O) groups excluding carboxylic acids is 1. The Balaban J connectivity index is 2.42. The number of carbonyl (C=O) groups is 1. The second-order valence-electron chi connectivity index (χ2n) is 7.80. The molecule has 1 rings (SSSR count). The largest absolute Gasteiger partial charge is 0.458 e.